The summed E-state index contributed by atoms with van der Waals surface area (Å²) in [6.07, 6.45) is 0.342. The van der Waals surface area contributed by atoms with Gasteiger partial charge in [-0.3, -0.25) is 15.0 Å². The SMILES string of the molecule is CCOC(=O)[C@@H](N)Cc1ccc(NC(=O)c2cc3cc(C(=N)N)ccc3o2)cc1. The number of ether oxygens (including phenoxy) is 1. The Hall–Kier alpha value is -3.65. The number of anilines is 1. The largest absolute Gasteiger partial charge is 0.465 e. The predicted octanol–water partition coefficient (Wildman–Crippen LogP) is 2.40. The topological polar surface area (TPSA) is 144 Å². The van der Waals surface area contributed by atoms with Gasteiger partial charge in [0, 0.05) is 16.6 Å². The van der Waals surface area contributed by atoms with Crippen molar-refractivity contribution in [3.05, 3.63) is 65.4 Å². The van der Waals surface area contributed by atoms with Gasteiger partial charge in [0.15, 0.2) is 5.76 Å². The summed E-state index contributed by atoms with van der Waals surface area (Å²) >= 11 is 0. The van der Waals surface area contributed by atoms with Crippen LogP contribution in [0.1, 0.15) is 28.6 Å². The summed E-state index contributed by atoms with van der Waals surface area (Å²) < 4.78 is 10.5. The maximum atomic E-state index is 12.5. The van der Waals surface area contributed by atoms with Crippen LogP contribution in [0.15, 0.2) is 52.9 Å². The molecule has 3 rings (SSSR count). The predicted molar refractivity (Wildman–Crippen MR) is 110 cm³/mol. The third-order valence-corrected chi connectivity index (χ3v) is 4.31. The monoisotopic (exact) mass is 394 g/mol. The van der Waals surface area contributed by atoms with Crippen LogP contribution < -0.4 is 16.8 Å². The zero-order chi connectivity index (χ0) is 21.0. The molecular weight excluding hydrogens is 372 g/mol. The van der Waals surface area contributed by atoms with Crippen LogP contribution in [0.2, 0.25) is 0 Å². The molecule has 8 nitrogen and oxygen atoms in total. The fourth-order valence-electron chi connectivity index (χ4n) is 2.83. The molecular formula is C21H22N4O4. The van der Waals surface area contributed by atoms with Crippen molar-refractivity contribution in [2.75, 3.05) is 11.9 Å². The molecule has 0 fully saturated rings. The Morgan fingerprint density at radius 1 is 1.17 bits per heavy atom. The van der Waals surface area contributed by atoms with E-state index in [9.17, 15) is 9.59 Å². The number of rotatable bonds is 7. The van der Waals surface area contributed by atoms with Gasteiger partial charge in [0.25, 0.3) is 5.91 Å². The van der Waals surface area contributed by atoms with Crippen molar-refractivity contribution in [2.24, 2.45) is 11.5 Å². The van der Waals surface area contributed by atoms with Crippen molar-refractivity contribution >= 4 is 34.4 Å². The number of esters is 1. The average Bonchev–Trinajstić information content (AvgIpc) is 3.13. The number of furan rings is 1. The van der Waals surface area contributed by atoms with Crippen molar-refractivity contribution in [1.29, 1.82) is 5.41 Å². The molecule has 0 unspecified atom stereocenters. The molecule has 0 aliphatic rings. The summed E-state index contributed by atoms with van der Waals surface area (Å²) in [7, 11) is 0. The van der Waals surface area contributed by atoms with Crippen molar-refractivity contribution in [3.63, 3.8) is 0 Å². The molecule has 0 aliphatic heterocycles. The summed E-state index contributed by atoms with van der Waals surface area (Å²) in [4.78, 5) is 24.1. The van der Waals surface area contributed by atoms with Crippen molar-refractivity contribution in [1.82, 2.24) is 0 Å². The van der Waals surface area contributed by atoms with Gasteiger partial charge in [-0.2, -0.15) is 0 Å². The highest BCUT2D eigenvalue weighted by Gasteiger charge is 2.16. The molecule has 0 saturated heterocycles. The van der Waals surface area contributed by atoms with E-state index >= 15 is 0 Å². The number of nitrogen functional groups attached to an aromatic ring is 1. The molecule has 2 aromatic carbocycles. The standard InChI is InChI=1S/C21H22N4O4/c1-2-28-21(27)16(22)9-12-3-6-15(7-4-12)25-20(26)18-11-14-10-13(19(23)24)5-8-17(14)29-18/h3-8,10-11,16H,2,9,22H2,1H3,(H3,23,24)(H,25,26)/t16-/m0/s1. The molecule has 0 spiro atoms. The fourth-order valence-corrected chi connectivity index (χ4v) is 2.83. The average molecular weight is 394 g/mol. The molecule has 1 atom stereocenters. The molecule has 150 valence electrons. The van der Waals surface area contributed by atoms with Crippen LogP contribution in [-0.2, 0) is 16.0 Å². The summed E-state index contributed by atoms with van der Waals surface area (Å²) in [5.74, 6) is -0.750. The molecule has 1 heterocycles. The molecule has 3 aromatic rings. The minimum Gasteiger partial charge on any atom is -0.465 e. The third kappa shape index (κ3) is 4.80. The molecule has 1 amide bonds. The second kappa shape index (κ2) is 8.57. The van der Waals surface area contributed by atoms with Gasteiger partial charge in [-0.1, -0.05) is 12.1 Å². The van der Waals surface area contributed by atoms with Gasteiger partial charge in [0.05, 0.1) is 6.61 Å². The number of hydrogen-bond donors (Lipinski definition) is 4. The van der Waals surface area contributed by atoms with E-state index in [1.807, 2.05) is 0 Å². The Bertz CT molecular complexity index is 1060. The highest BCUT2D eigenvalue weighted by Crippen LogP contribution is 2.22. The number of fused-ring (bicyclic) bond motifs is 1. The first-order valence-corrected chi connectivity index (χ1v) is 9.08. The second-order valence-electron chi connectivity index (χ2n) is 6.49. The van der Waals surface area contributed by atoms with Crippen LogP contribution in [0.5, 0.6) is 0 Å². The summed E-state index contributed by atoms with van der Waals surface area (Å²) in [6, 6.07) is 12.9. The van der Waals surface area contributed by atoms with Crippen LogP contribution in [0.4, 0.5) is 5.69 Å². The lowest BCUT2D eigenvalue weighted by molar-refractivity contribution is -0.144. The van der Waals surface area contributed by atoms with E-state index in [0.717, 1.165) is 5.56 Å². The molecule has 0 radical (unpaired) electrons. The number of carbonyl (C=O) groups excluding carboxylic acids is 2. The fraction of sp³-hybridized carbons (Fsp3) is 0.190. The van der Waals surface area contributed by atoms with E-state index in [1.54, 1.807) is 55.5 Å². The maximum absolute atomic E-state index is 12.5. The molecule has 0 aliphatic carbocycles. The summed E-state index contributed by atoms with van der Waals surface area (Å²) in [5.41, 5.74) is 13.8. The molecule has 0 saturated carbocycles. The highest BCUT2D eigenvalue weighted by molar-refractivity contribution is 6.05. The lowest BCUT2D eigenvalue weighted by atomic mass is 10.1. The zero-order valence-corrected chi connectivity index (χ0v) is 15.9. The normalized spacial score (nSPS) is 11.8. The van der Waals surface area contributed by atoms with Gasteiger partial charge in [-0.05, 0) is 55.3 Å². The second-order valence-corrected chi connectivity index (χ2v) is 6.49. The van der Waals surface area contributed by atoms with Gasteiger partial charge in [-0.25, -0.2) is 0 Å². The van der Waals surface area contributed by atoms with Gasteiger partial charge in [0.1, 0.15) is 17.5 Å². The zero-order valence-electron chi connectivity index (χ0n) is 15.9. The number of amides is 1. The summed E-state index contributed by atoms with van der Waals surface area (Å²) in [5, 5.41) is 10.9. The Morgan fingerprint density at radius 3 is 2.55 bits per heavy atom. The first kappa shape index (κ1) is 20.1. The highest BCUT2D eigenvalue weighted by atomic mass is 16.5. The van der Waals surface area contributed by atoms with Gasteiger partial charge in [-0.15, -0.1) is 0 Å². The van der Waals surface area contributed by atoms with Crippen LogP contribution in [0.3, 0.4) is 0 Å². The van der Waals surface area contributed by atoms with E-state index in [0.29, 0.717) is 28.6 Å². The molecule has 29 heavy (non-hydrogen) atoms. The number of nitrogens with two attached hydrogens (primary N) is 2. The van der Waals surface area contributed by atoms with E-state index in [4.69, 9.17) is 26.0 Å². The first-order valence-electron chi connectivity index (χ1n) is 9.08. The maximum Gasteiger partial charge on any atom is 0.323 e. The molecule has 8 heteroatoms. The van der Waals surface area contributed by atoms with E-state index < -0.39 is 17.9 Å². The third-order valence-electron chi connectivity index (χ3n) is 4.31. The molecule has 1 aromatic heterocycles. The van der Waals surface area contributed by atoms with E-state index in [1.165, 1.54) is 0 Å². The minimum absolute atomic E-state index is 0.0538. The van der Waals surface area contributed by atoms with E-state index in [2.05, 4.69) is 5.32 Å². The van der Waals surface area contributed by atoms with Crippen molar-refractivity contribution < 1.29 is 18.7 Å². The van der Waals surface area contributed by atoms with Crippen molar-refractivity contribution in [2.45, 2.75) is 19.4 Å². The number of nitrogens with one attached hydrogen (secondary N) is 2. The Labute approximate surface area is 167 Å². The van der Waals surface area contributed by atoms with Crippen LogP contribution in [0, 0.1) is 5.41 Å². The van der Waals surface area contributed by atoms with Gasteiger partial charge < -0.3 is 25.9 Å². The van der Waals surface area contributed by atoms with Gasteiger partial charge in [0.2, 0.25) is 0 Å². The van der Waals surface area contributed by atoms with Gasteiger partial charge >= 0.3 is 5.97 Å². The lowest BCUT2D eigenvalue weighted by Crippen LogP contribution is -2.34. The van der Waals surface area contributed by atoms with E-state index in [-0.39, 0.29) is 18.2 Å². The lowest BCUT2D eigenvalue weighted by Gasteiger charge is -2.11. The molecule has 6 N–H and O–H groups in total. The van der Waals surface area contributed by atoms with Crippen molar-refractivity contribution in [3.8, 4) is 0 Å². The Kier molecular flexibility index (Phi) is 5.94. The Balaban J connectivity index is 1.67. The van der Waals surface area contributed by atoms with Crippen LogP contribution in [0.25, 0.3) is 11.0 Å². The quantitative estimate of drug-likeness (QED) is 0.275. The number of hydrogen-bond acceptors (Lipinski definition) is 6. The number of carbonyl (C=O) groups is 2. The van der Waals surface area contributed by atoms with Crippen LogP contribution in [-0.4, -0.2) is 30.4 Å². The number of benzene rings is 2. The van der Waals surface area contributed by atoms with Crippen LogP contribution >= 0.6 is 0 Å². The smallest absolute Gasteiger partial charge is 0.323 e. The first-order chi connectivity index (χ1) is 13.9. The summed E-state index contributed by atoms with van der Waals surface area (Å²) in [6.45, 7) is 2.02. The molecule has 0 bridgehead atoms. The minimum atomic E-state index is -0.731. The Morgan fingerprint density at radius 2 is 1.90 bits per heavy atom. The number of amidine groups is 1.